The van der Waals surface area contributed by atoms with E-state index < -0.39 is 0 Å². The number of amides is 1. The highest BCUT2D eigenvalue weighted by atomic mass is 35.5. The molecule has 0 spiro atoms. The van der Waals surface area contributed by atoms with Crippen molar-refractivity contribution < 1.29 is 4.79 Å². The lowest BCUT2D eigenvalue weighted by atomic mass is 10.2. The van der Waals surface area contributed by atoms with E-state index in [1.54, 1.807) is 21.5 Å². The molecule has 1 atom stereocenters. The zero-order chi connectivity index (χ0) is 21.5. The van der Waals surface area contributed by atoms with E-state index in [1.165, 1.54) is 11.8 Å². The number of halogens is 1. The Morgan fingerprint density at radius 3 is 2.84 bits per heavy atom. The Morgan fingerprint density at radius 2 is 2.06 bits per heavy atom. The Balaban J connectivity index is 1.43. The molecule has 0 radical (unpaired) electrons. The van der Waals surface area contributed by atoms with E-state index in [-0.39, 0.29) is 23.9 Å². The predicted octanol–water partition coefficient (Wildman–Crippen LogP) is 4.22. The molecule has 0 fully saturated rings. The molecule has 1 N–H and O–H groups in total. The van der Waals surface area contributed by atoms with E-state index in [0.717, 1.165) is 11.3 Å². The van der Waals surface area contributed by atoms with Crippen molar-refractivity contribution in [3.63, 3.8) is 0 Å². The highest BCUT2D eigenvalue weighted by Gasteiger charge is 2.29. The number of nitrogens with one attached hydrogen (secondary N) is 1. The Morgan fingerprint density at radius 1 is 1.26 bits per heavy atom. The first kappa shape index (κ1) is 19.8. The van der Waals surface area contributed by atoms with Crippen molar-refractivity contribution in [3.8, 4) is 5.69 Å². The Labute approximate surface area is 187 Å². The molecule has 4 aromatic rings. The van der Waals surface area contributed by atoms with Gasteiger partial charge >= 0.3 is 0 Å². The van der Waals surface area contributed by atoms with Crippen molar-refractivity contribution in [1.29, 1.82) is 0 Å². The number of hydrogen-bond acceptors (Lipinski definition) is 5. The summed E-state index contributed by atoms with van der Waals surface area (Å²) in [6.45, 7) is 1.90. The number of benzene rings is 2. The summed E-state index contributed by atoms with van der Waals surface area (Å²) in [7, 11) is 0. The van der Waals surface area contributed by atoms with E-state index in [2.05, 4.69) is 10.4 Å². The highest BCUT2D eigenvalue weighted by molar-refractivity contribution is 7.99. The van der Waals surface area contributed by atoms with Crippen LogP contribution in [0.4, 0.5) is 5.69 Å². The number of rotatable bonds is 4. The van der Waals surface area contributed by atoms with Crippen LogP contribution in [0.25, 0.3) is 16.7 Å². The van der Waals surface area contributed by atoms with Gasteiger partial charge in [0.25, 0.3) is 5.56 Å². The first-order chi connectivity index (χ1) is 15.0. The topological polar surface area (TPSA) is 81.8 Å². The van der Waals surface area contributed by atoms with E-state index in [0.29, 0.717) is 32.7 Å². The van der Waals surface area contributed by atoms with Crippen LogP contribution in [0.15, 0.2) is 64.7 Å². The lowest BCUT2D eigenvalue weighted by Crippen LogP contribution is -2.27. The van der Waals surface area contributed by atoms with Crippen LogP contribution in [0.5, 0.6) is 0 Å². The molecule has 1 unspecified atom stereocenters. The highest BCUT2D eigenvalue weighted by Crippen LogP contribution is 2.33. The van der Waals surface area contributed by atoms with E-state index in [9.17, 15) is 9.59 Å². The fourth-order valence-corrected chi connectivity index (χ4v) is 4.95. The number of carbonyl (C=O) groups excluding carboxylic acids is 1. The number of nitrogens with zero attached hydrogens (tertiary/aromatic N) is 4. The zero-order valence-corrected chi connectivity index (χ0v) is 18.2. The van der Waals surface area contributed by atoms with Crippen LogP contribution in [0.1, 0.15) is 18.0 Å². The summed E-state index contributed by atoms with van der Waals surface area (Å²) in [5.41, 5.74) is 2.76. The number of aryl methyl sites for hydroxylation is 1. The average Bonchev–Trinajstić information content (AvgIpc) is 3.36. The number of para-hydroxylation sites is 1. The van der Waals surface area contributed by atoms with Crippen molar-refractivity contribution in [2.24, 2.45) is 0 Å². The van der Waals surface area contributed by atoms with Gasteiger partial charge in [0.2, 0.25) is 5.91 Å². The molecule has 156 valence electrons. The van der Waals surface area contributed by atoms with E-state index in [4.69, 9.17) is 16.6 Å². The molecule has 31 heavy (non-hydrogen) atoms. The summed E-state index contributed by atoms with van der Waals surface area (Å²) in [6.07, 6.45) is 1.71. The maximum Gasteiger partial charge on any atom is 0.265 e. The number of fused-ring (bicyclic) bond motifs is 2. The van der Waals surface area contributed by atoms with Gasteiger partial charge in [-0.3, -0.25) is 14.2 Å². The molecule has 0 aliphatic carbocycles. The third kappa shape index (κ3) is 3.62. The summed E-state index contributed by atoms with van der Waals surface area (Å²) in [6, 6.07) is 14.7. The molecule has 2 aromatic heterocycles. The second kappa shape index (κ2) is 7.86. The molecule has 2 aromatic carbocycles. The van der Waals surface area contributed by atoms with Crippen molar-refractivity contribution in [2.45, 2.75) is 24.5 Å². The fraction of sp³-hybridized carbons (Fsp3) is 0.182. The van der Waals surface area contributed by atoms with Crippen LogP contribution < -0.4 is 10.9 Å². The lowest BCUT2D eigenvalue weighted by molar-refractivity contribution is -0.116. The summed E-state index contributed by atoms with van der Waals surface area (Å²) in [5, 5.41) is 8.86. The molecule has 5 rings (SSSR count). The summed E-state index contributed by atoms with van der Waals surface area (Å²) >= 11 is 7.62. The third-order valence-electron chi connectivity index (χ3n) is 5.25. The SMILES string of the molecule is Cc1ccc(NC(=O)CC2CSc3nc4c(cnn4-c4ccccc4)c(=O)n32)cc1Cl. The number of thioether (sulfide) groups is 1. The van der Waals surface area contributed by atoms with Crippen molar-refractivity contribution >= 4 is 46.0 Å². The summed E-state index contributed by atoms with van der Waals surface area (Å²) in [4.78, 5) is 30.5. The van der Waals surface area contributed by atoms with E-state index in [1.807, 2.05) is 49.4 Å². The normalized spacial score (nSPS) is 15.2. The standard InChI is InChI=1S/C22H18ClN5O2S/c1-13-7-8-14(9-18(13)23)25-19(29)10-16-12-31-22-26-20-17(21(30)27(16)22)11-24-28(20)15-5-3-2-4-6-15/h2-9,11,16H,10,12H2,1H3,(H,25,29). The molecule has 7 nitrogen and oxygen atoms in total. The molecular formula is C22H18ClN5O2S. The van der Waals surface area contributed by atoms with Crippen LogP contribution in [-0.4, -0.2) is 31.0 Å². The summed E-state index contributed by atoms with van der Waals surface area (Å²) < 4.78 is 3.28. The van der Waals surface area contributed by atoms with Crippen LogP contribution in [0.3, 0.4) is 0 Å². The largest absolute Gasteiger partial charge is 0.326 e. The predicted molar refractivity (Wildman–Crippen MR) is 122 cm³/mol. The number of aromatic nitrogens is 4. The Bertz CT molecular complexity index is 1370. The van der Waals surface area contributed by atoms with Gasteiger partial charge in [0.1, 0.15) is 5.39 Å². The van der Waals surface area contributed by atoms with Crippen LogP contribution in [-0.2, 0) is 4.79 Å². The molecule has 9 heteroatoms. The van der Waals surface area contributed by atoms with Crippen LogP contribution in [0, 0.1) is 6.92 Å². The van der Waals surface area contributed by atoms with Gasteiger partial charge in [-0.15, -0.1) is 0 Å². The van der Waals surface area contributed by atoms with Crippen molar-refractivity contribution in [1.82, 2.24) is 19.3 Å². The molecule has 0 bridgehead atoms. The van der Waals surface area contributed by atoms with Crippen molar-refractivity contribution in [2.75, 3.05) is 11.1 Å². The third-order valence-corrected chi connectivity index (χ3v) is 6.75. The average molecular weight is 452 g/mol. The van der Waals surface area contributed by atoms with Crippen molar-refractivity contribution in [3.05, 3.63) is 75.7 Å². The van der Waals surface area contributed by atoms with Gasteiger partial charge in [0, 0.05) is 22.9 Å². The summed E-state index contributed by atoms with van der Waals surface area (Å²) in [5.74, 6) is 0.431. The maximum absolute atomic E-state index is 13.2. The Hall–Kier alpha value is -3.10. The molecule has 0 saturated carbocycles. The molecule has 1 amide bonds. The van der Waals surface area contributed by atoms with Gasteiger partial charge < -0.3 is 5.32 Å². The molecule has 3 heterocycles. The van der Waals surface area contributed by atoms with Gasteiger partial charge in [-0.2, -0.15) is 5.10 Å². The number of anilines is 1. The molecular weight excluding hydrogens is 434 g/mol. The smallest absolute Gasteiger partial charge is 0.265 e. The minimum absolute atomic E-state index is 0.172. The minimum atomic E-state index is -0.273. The van der Waals surface area contributed by atoms with Gasteiger partial charge in [-0.1, -0.05) is 47.6 Å². The maximum atomic E-state index is 13.2. The van der Waals surface area contributed by atoms with Gasteiger partial charge in [0.05, 0.1) is 17.9 Å². The van der Waals surface area contributed by atoms with Gasteiger partial charge in [-0.25, -0.2) is 9.67 Å². The fourth-order valence-electron chi connectivity index (χ4n) is 3.64. The molecule has 0 saturated heterocycles. The van der Waals surface area contributed by atoms with Gasteiger partial charge in [-0.05, 0) is 36.8 Å². The van der Waals surface area contributed by atoms with Crippen LogP contribution >= 0.6 is 23.4 Å². The lowest BCUT2D eigenvalue weighted by Gasteiger charge is -2.14. The first-order valence-electron chi connectivity index (χ1n) is 9.76. The quantitative estimate of drug-likeness (QED) is 0.470. The van der Waals surface area contributed by atoms with E-state index >= 15 is 0 Å². The number of hydrogen-bond donors (Lipinski definition) is 1. The monoisotopic (exact) mass is 451 g/mol. The second-order valence-corrected chi connectivity index (χ2v) is 8.77. The molecule has 1 aliphatic rings. The Kier molecular flexibility index (Phi) is 5.03. The number of carbonyl (C=O) groups is 1. The zero-order valence-electron chi connectivity index (χ0n) is 16.6. The van der Waals surface area contributed by atoms with Crippen LogP contribution in [0.2, 0.25) is 5.02 Å². The van der Waals surface area contributed by atoms with Gasteiger partial charge in [0.15, 0.2) is 10.8 Å². The second-order valence-electron chi connectivity index (χ2n) is 7.38. The minimum Gasteiger partial charge on any atom is -0.326 e. The molecule has 1 aliphatic heterocycles. The first-order valence-corrected chi connectivity index (χ1v) is 11.1.